The topological polar surface area (TPSA) is 58.6 Å². The Kier molecular flexibility index (Phi) is 5.09. The number of amides is 1. The van der Waals surface area contributed by atoms with Crippen molar-refractivity contribution >= 4 is 5.91 Å². The quantitative estimate of drug-likeness (QED) is 0.907. The SMILES string of the molecule is Cc1oc(C)c(C(=O)NCC(c2ccco2)N2CCCCC2)c1C. The lowest BCUT2D eigenvalue weighted by molar-refractivity contribution is 0.0912. The smallest absolute Gasteiger partial charge is 0.255 e. The number of piperidine rings is 1. The maximum Gasteiger partial charge on any atom is 0.255 e. The molecule has 1 unspecified atom stereocenters. The second kappa shape index (κ2) is 7.26. The molecule has 0 aliphatic carbocycles. The van der Waals surface area contributed by atoms with Crippen LogP contribution in [0.4, 0.5) is 0 Å². The number of likely N-dealkylation sites (tertiary alicyclic amines) is 1. The highest BCUT2D eigenvalue weighted by Gasteiger charge is 2.26. The predicted octanol–water partition coefficient (Wildman–Crippen LogP) is 3.75. The highest BCUT2D eigenvalue weighted by Crippen LogP contribution is 2.25. The van der Waals surface area contributed by atoms with Gasteiger partial charge in [-0.25, -0.2) is 0 Å². The standard InChI is InChI=1S/C19H26N2O3/c1-13-14(2)24-15(3)18(13)19(22)20-12-16(17-8-7-11-23-17)21-9-5-4-6-10-21/h7-8,11,16H,4-6,9-10,12H2,1-3H3,(H,20,22). The van der Waals surface area contributed by atoms with E-state index in [0.29, 0.717) is 17.9 Å². The summed E-state index contributed by atoms with van der Waals surface area (Å²) in [6.07, 6.45) is 5.37. The van der Waals surface area contributed by atoms with Crippen molar-refractivity contribution in [3.8, 4) is 0 Å². The molecule has 1 aliphatic heterocycles. The fourth-order valence-corrected chi connectivity index (χ4v) is 3.53. The Morgan fingerprint density at radius 2 is 1.96 bits per heavy atom. The first-order chi connectivity index (χ1) is 11.6. The summed E-state index contributed by atoms with van der Waals surface area (Å²) in [5.41, 5.74) is 1.57. The molecule has 2 aromatic rings. The van der Waals surface area contributed by atoms with Gasteiger partial charge in [0.1, 0.15) is 17.3 Å². The third-order valence-electron chi connectivity index (χ3n) is 4.95. The van der Waals surface area contributed by atoms with Crippen LogP contribution in [0.3, 0.4) is 0 Å². The molecular formula is C19H26N2O3. The monoisotopic (exact) mass is 330 g/mol. The number of carbonyl (C=O) groups excluding carboxylic acids is 1. The number of carbonyl (C=O) groups is 1. The van der Waals surface area contributed by atoms with Crippen LogP contribution in [0, 0.1) is 20.8 Å². The van der Waals surface area contributed by atoms with Crippen LogP contribution in [0.5, 0.6) is 0 Å². The van der Waals surface area contributed by atoms with Crippen LogP contribution in [-0.2, 0) is 0 Å². The summed E-state index contributed by atoms with van der Waals surface area (Å²) < 4.78 is 11.2. The Bertz CT molecular complexity index is 682. The summed E-state index contributed by atoms with van der Waals surface area (Å²) in [6.45, 7) is 8.28. The summed E-state index contributed by atoms with van der Waals surface area (Å²) >= 11 is 0. The molecule has 1 fully saturated rings. The van der Waals surface area contributed by atoms with Gasteiger partial charge in [-0.05, 0) is 58.8 Å². The highest BCUT2D eigenvalue weighted by molar-refractivity contribution is 5.96. The molecule has 0 bridgehead atoms. The lowest BCUT2D eigenvalue weighted by Gasteiger charge is -2.33. The molecule has 5 heteroatoms. The second-order valence-corrected chi connectivity index (χ2v) is 6.55. The van der Waals surface area contributed by atoms with Gasteiger partial charge < -0.3 is 14.2 Å². The van der Waals surface area contributed by atoms with Gasteiger partial charge in [-0.2, -0.15) is 0 Å². The lowest BCUT2D eigenvalue weighted by atomic mass is 10.1. The predicted molar refractivity (Wildman–Crippen MR) is 92.1 cm³/mol. The molecule has 1 N–H and O–H groups in total. The third-order valence-corrected chi connectivity index (χ3v) is 4.95. The normalized spacial score (nSPS) is 17.0. The largest absolute Gasteiger partial charge is 0.468 e. The minimum atomic E-state index is -0.0737. The molecule has 1 aliphatic rings. The van der Waals surface area contributed by atoms with Gasteiger partial charge in [-0.1, -0.05) is 6.42 Å². The molecule has 24 heavy (non-hydrogen) atoms. The van der Waals surface area contributed by atoms with Gasteiger partial charge in [0, 0.05) is 12.1 Å². The van der Waals surface area contributed by atoms with Crippen LogP contribution < -0.4 is 5.32 Å². The van der Waals surface area contributed by atoms with Crippen LogP contribution in [0.1, 0.15) is 58.5 Å². The van der Waals surface area contributed by atoms with Gasteiger partial charge in [0.25, 0.3) is 5.91 Å². The Morgan fingerprint density at radius 1 is 1.21 bits per heavy atom. The number of nitrogens with one attached hydrogen (secondary N) is 1. The fraction of sp³-hybridized carbons (Fsp3) is 0.526. The zero-order valence-corrected chi connectivity index (χ0v) is 14.7. The molecule has 3 heterocycles. The number of rotatable bonds is 5. The van der Waals surface area contributed by atoms with Crippen molar-refractivity contribution in [1.82, 2.24) is 10.2 Å². The van der Waals surface area contributed by atoms with E-state index in [1.807, 2.05) is 32.9 Å². The average Bonchev–Trinajstić information content (AvgIpc) is 3.18. The zero-order chi connectivity index (χ0) is 17.1. The third kappa shape index (κ3) is 3.41. The lowest BCUT2D eigenvalue weighted by Crippen LogP contribution is -2.40. The number of aryl methyl sites for hydroxylation is 2. The maximum atomic E-state index is 12.6. The van der Waals surface area contributed by atoms with E-state index in [-0.39, 0.29) is 11.9 Å². The first-order valence-electron chi connectivity index (χ1n) is 8.70. The zero-order valence-electron chi connectivity index (χ0n) is 14.7. The second-order valence-electron chi connectivity index (χ2n) is 6.55. The van der Waals surface area contributed by atoms with Crippen molar-refractivity contribution in [2.45, 2.75) is 46.1 Å². The van der Waals surface area contributed by atoms with Crippen LogP contribution in [-0.4, -0.2) is 30.4 Å². The van der Waals surface area contributed by atoms with E-state index in [1.165, 1.54) is 19.3 Å². The van der Waals surface area contributed by atoms with Crippen LogP contribution >= 0.6 is 0 Å². The van der Waals surface area contributed by atoms with Crippen LogP contribution in [0.2, 0.25) is 0 Å². The molecule has 1 saturated heterocycles. The van der Waals surface area contributed by atoms with E-state index in [4.69, 9.17) is 8.83 Å². The summed E-state index contributed by atoms with van der Waals surface area (Å²) in [5, 5.41) is 3.08. The Morgan fingerprint density at radius 3 is 2.54 bits per heavy atom. The van der Waals surface area contributed by atoms with Crippen molar-refractivity contribution < 1.29 is 13.6 Å². The summed E-state index contributed by atoms with van der Waals surface area (Å²) in [4.78, 5) is 15.0. The number of hydrogen-bond acceptors (Lipinski definition) is 4. The molecule has 0 spiro atoms. The summed E-state index contributed by atoms with van der Waals surface area (Å²) in [5.74, 6) is 2.32. The number of nitrogens with zero attached hydrogens (tertiary/aromatic N) is 1. The molecule has 1 amide bonds. The molecule has 0 radical (unpaired) electrons. The van der Waals surface area contributed by atoms with Crippen molar-refractivity contribution in [2.24, 2.45) is 0 Å². The van der Waals surface area contributed by atoms with Crippen molar-refractivity contribution in [3.63, 3.8) is 0 Å². The van der Waals surface area contributed by atoms with Crippen molar-refractivity contribution in [1.29, 1.82) is 0 Å². The maximum absolute atomic E-state index is 12.6. The van der Waals surface area contributed by atoms with Gasteiger partial charge in [-0.15, -0.1) is 0 Å². The Balaban J connectivity index is 1.72. The van der Waals surface area contributed by atoms with Crippen molar-refractivity contribution in [3.05, 3.63) is 46.8 Å². The molecule has 5 nitrogen and oxygen atoms in total. The van der Waals surface area contributed by atoms with E-state index in [1.54, 1.807) is 6.26 Å². The summed E-state index contributed by atoms with van der Waals surface area (Å²) in [6, 6.07) is 3.98. The molecule has 2 aromatic heterocycles. The van der Waals surface area contributed by atoms with E-state index >= 15 is 0 Å². The van der Waals surface area contributed by atoms with E-state index in [2.05, 4.69) is 10.2 Å². The molecule has 130 valence electrons. The number of hydrogen-bond donors (Lipinski definition) is 1. The van der Waals surface area contributed by atoms with E-state index in [0.717, 1.165) is 30.2 Å². The minimum Gasteiger partial charge on any atom is -0.468 e. The minimum absolute atomic E-state index is 0.0737. The fourth-order valence-electron chi connectivity index (χ4n) is 3.53. The van der Waals surface area contributed by atoms with Gasteiger partial charge in [-0.3, -0.25) is 9.69 Å². The van der Waals surface area contributed by atoms with E-state index in [9.17, 15) is 4.79 Å². The Hall–Kier alpha value is -2.01. The highest BCUT2D eigenvalue weighted by atomic mass is 16.3. The average molecular weight is 330 g/mol. The molecule has 1 atom stereocenters. The first kappa shape index (κ1) is 16.8. The van der Waals surface area contributed by atoms with Gasteiger partial charge in [0.2, 0.25) is 0 Å². The summed E-state index contributed by atoms with van der Waals surface area (Å²) in [7, 11) is 0. The van der Waals surface area contributed by atoms with Crippen molar-refractivity contribution in [2.75, 3.05) is 19.6 Å². The van der Waals surface area contributed by atoms with Crippen LogP contribution in [0.15, 0.2) is 27.2 Å². The van der Waals surface area contributed by atoms with Gasteiger partial charge >= 0.3 is 0 Å². The first-order valence-corrected chi connectivity index (χ1v) is 8.70. The molecular weight excluding hydrogens is 304 g/mol. The molecule has 3 rings (SSSR count). The van der Waals surface area contributed by atoms with Gasteiger partial charge in [0.15, 0.2) is 0 Å². The molecule has 0 aromatic carbocycles. The van der Waals surface area contributed by atoms with Gasteiger partial charge in [0.05, 0.1) is 17.9 Å². The van der Waals surface area contributed by atoms with E-state index < -0.39 is 0 Å². The van der Waals surface area contributed by atoms with Crippen LogP contribution in [0.25, 0.3) is 0 Å². The Labute approximate surface area is 143 Å². The molecule has 0 saturated carbocycles. The number of furan rings is 2.